The third-order valence-electron chi connectivity index (χ3n) is 3.21. The molecule has 172 valence electrons. The molecule has 0 heterocycles. The van der Waals surface area contributed by atoms with Crippen LogP contribution in [0.15, 0.2) is 36.5 Å². The van der Waals surface area contributed by atoms with Gasteiger partial charge in [0.25, 0.3) is 0 Å². The van der Waals surface area contributed by atoms with Gasteiger partial charge in [-0.05, 0) is 0 Å². The molecule has 0 fully saturated rings. The Morgan fingerprint density at radius 1 is 0.545 bits per heavy atom. The Morgan fingerprint density at radius 3 is 0.970 bits per heavy atom. The van der Waals surface area contributed by atoms with Gasteiger partial charge in [-0.2, -0.15) is 12.2 Å². The van der Waals surface area contributed by atoms with Crippen molar-refractivity contribution in [2.75, 3.05) is 0 Å². The molecule has 11 heteroatoms. The largest absolute Gasteiger partial charge is 4.00 e. The van der Waals surface area contributed by atoms with Crippen LogP contribution in [0.25, 0.3) is 0 Å². The number of allylic oxidation sites excluding steroid dienone is 8. The molecule has 0 aliphatic heterocycles. The molecule has 0 bridgehead atoms. The van der Waals surface area contributed by atoms with Crippen molar-refractivity contribution in [2.45, 2.75) is 12.8 Å². The second-order valence-corrected chi connectivity index (χ2v) is 5.47. The molecule has 2 nitrogen and oxygen atoms in total. The SMILES string of the molecule is Oc1c(F)c(F)[c-]c(F)c1F.Oc1c(F)c(F)[c-]c(F)c1F.[C-]1=CC=CC1.[C-]1=CC=CC1.[Ti+4]. The average Bonchev–Trinajstić information content (AvgIpc) is 3.53. The van der Waals surface area contributed by atoms with E-state index in [0.29, 0.717) is 0 Å². The summed E-state index contributed by atoms with van der Waals surface area (Å²) in [4.78, 5) is 0. The van der Waals surface area contributed by atoms with Crippen LogP contribution in [0.4, 0.5) is 35.1 Å². The molecule has 0 unspecified atom stereocenters. The van der Waals surface area contributed by atoms with Gasteiger partial charge in [0, 0.05) is 0 Å². The van der Waals surface area contributed by atoms with Crippen LogP contribution in [0.3, 0.4) is 0 Å². The maximum Gasteiger partial charge on any atom is 4.00 e. The zero-order chi connectivity index (χ0) is 24.3. The van der Waals surface area contributed by atoms with Crippen molar-refractivity contribution in [2.24, 2.45) is 0 Å². The summed E-state index contributed by atoms with van der Waals surface area (Å²) in [5.41, 5.74) is 0. The van der Waals surface area contributed by atoms with Gasteiger partial charge < -0.3 is 10.2 Å². The molecule has 2 aliphatic carbocycles. The van der Waals surface area contributed by atoms with Crippen molar-refractivity contribution < 1.29 is 67.1 Å². The summed E-state index contributed by atoms with van der Waals surface area (Å²) in [7, 11) is 0. The fourth-order valence-electron chi connectivity index (χ4n) is 1.70. The van der Waals surface area contributed by atoms with E-state index in [0.717, 1.165) is 25.0 Å². The van der Waals surface area contributed by atoms with Crippen molar-refractivity contribution in [1.29, 1.82) is 0 Å². The van der Waals surface area contributed by atoms with E-state index < -0.39 is 58.0 Å². The summed E-state index contributed by atoms with van der Waals surface area (Å²) in [5, 5.41) is 16.6. The summed E-state index contributed by atoms with van der Waals surface area (Å²) < 4.78 is 96.5. The topological polar surface area (TPSA) is 40.5 Å². The fourth-order valence-corrected chi connectivity index (χ4v) is 1.70. The zero-order valence-electron chi connectivity index (χ0n) is 16.3. The van der Waals surface area contributed by atoms with Crippen LogP contribution in [0.5, 0.6) is 11.5 Å². The molecule has 0 atom stereocenters. The van der Waals surface area contributed by atoms with E-state index in [4.69, 9.17) is 10.2 Å². The summed E-state index contributed by atoms with van der Waals surface area (Å²) >= 11 is 0. The van der Waals surface area contributed by atoms with E-state index >= 15 is 0 Å². The van der Waals surface area contributed by atoms with Crippen molar-refractivity contribution in [1.82, 2.24) is 0 Å². The Balaban J connectivity index is 0.000000434. The second kappa shape index (κ2) is 15.1. The standard InChI is InChI=1S/2C6HF4O.2C5H5.Ti/c2*7-2-1-3(8)5(10)6(11)4(2)9;2*1-2-4-5-3-1;/h2*11H;2*1-3H,4H2;/q4*-1;+4. The number of aromatic hydroxyl groups is 2. The van der Waals surface area contributed by atoms with Crippen molar-refractivity contribution in [3.63, 3.8) is 0 Å². The number of benzene rings is 2. The monoisotopic (exact) mass is 508 g/mol. The Bertz CT molecular complexity index is 894. The first-order chi connectivity index (χ1) is 15.1. The third-order valence-corrected chi connectivity index (χ3v) is 3.21. The normalized spacial score (nSPS) is 12.1. The molecule has 0 aromatic heterocycles. The van der Waals surface area contributed by atoms with Gasteiger partial charge in [0.15, 0.2) is 0 Å². The maximum atomic E-state index is 12.1. The number of rotatable bonds is 0. The first kappa shape index (κ1) is 30.2. The number of phenols is 2. The molecule has 2 aromatic rings. The molecule has 0 spiro atoms. The third kappa shape index (κ3) is 9.67. The van der Waals surface area contributed by atoms with Gasteiger partial charge in [0.05, 0.1) is 58.0 Å². The molecule has 0 saturated heterocycles. The van der Waals surface area contributed by atoms with E-state index in [1.165, 1.54) is 0 Å². The first-order valence-electron chi connectivity index (χ1n) is 8.39. The van der Waals surface area contributed by atoms with Gasteiger partial charge in [-0.1, -0.05) is 0 Å². The van der Waals surface area contributed by atoms with Crippen LogP contribution in [0, 0.1) is 70.8 Å². The van der Waals surface area contributed by atoms with E-state index in [1.807, 2.05) is 24.3 Å². The second-order valence-electron chi connectivity index (χ2n) is 5.47. The zero-order valence-corrected chi connectivity index (χ0v) is 17.9. The number of phenolic OH excluding ortho intramolecular Hbond substituents is 2. The average molecular weight is 508 g/mol. The molecule has 0 radical (unpaired) electrons. The van der Waals surface area contributed by atoms with Crippen molar-refractivity contribution in [3.8, 4) is 11.5 Å². The smallest absolute Gasteiger partial charge is 0.528 e. The first-order valence-corrected chi connectivity index (χ1v) is 8.39. The molecule has 33 heavy (non-hydrogen) atoms. The molecule has 2 aromatic carbocycles. The minimum absolute atomic E-state index is 0. The van der Waals surface area contributed by atoms with Crippen molar-refractivity contribution in [3.05, 3.63) is 107 Å². The van der Waals surface area contributed by atoms with E-state index in [1.54, 1.807) is 0 Å². The summed E-state index contributed by atoms with van der Waals surface area (Å²) in [5.74, 6) is -17.7. The summed E-state index contributed by atoms with van der Waals surface area (Å²) in [6.07, 6.45) is 20.0. The number of hydrogen-bond donors (Lipinski definition) is 2. The molecule has 2 N–H and O–H groups in total. The van der Waals surface area contributed by atoms with Gasteiger partial charge >= 0.3 is 21.7 Å². The molecular weight excluding hydrogens is 496 g/mol. The van der Waals surface area contributed by atoms with Crippen LogP contribution in [-0.4, -0.2) is 10.2 Å². The van der Waals surface area contributed by atoms with Crippen LogP contribution in [0.1, 0.15) is 12.8 Å². The molecule has 0 saturated carbocycles. The Kier molecular flexibility index (Phi) is 13.8. The Hall–Kier alpha value is -2.85. The van der Waals surface area contributed by atoms with Gasteiger partial charge in [0.1, 0.15) is 0 Å². The Morgan fingerprint density at radius 2 is 0.818 bits per heavy atom. The minimum Gasteiger partial charge on any atom is -0.528 e. The number of halogens is 8. The predicted molar refractivity (Wildman–Crippen MR) is 96.7 cm³/mol. The Labute approximate surface area is 198 Å². The molecule has 2 aliphatic rings. The molecule has 4 rings (SSSR count). The summed E-state index contributed by atoms with van der Waals surface area (Å²) in [6, 6.07) is 2.21. The van der Waals surface area contributed by atoms with Gasteiger partial charge in [-0.3, -0.25) is 29.7 Å². The van der Waals surface area contributed by atoms with Crippen LogP contribution in [-0.2, 0) is 21.7 Å². The summed E-state index contributed by atoms with van der Waals surface area (Å²) in [6.45, 7) is 0. The molecular formula is C22H12F8O2Ti. The van der Waals surface area contributed by atoms with Crippen molar-refractivity contribution >= 4 is 0 Å². The van der Waals surface area contributed by atoms with Gasteiger partial charge in [-0.15, -0.1) is 25.0 Å². The van der Waals surface area contributed by atoms with E-state index in [-0.39, 0.29) is 21.7 Å². The van der Waals surface area contributed by atoms with E-state index in [9.17, 15) is 35.1 Å². The van der Waals surface area contributed by atoms with Gasteiger partial charge in [0.2, 0.25) is 0 Å². The maximum absolute atomic E-state index is 12.1. The predicted octanol–water partition coefficient (Wildman–Crippen LogP) is 6.11. The van der Waals surface area contributed by atoms with Gasteiger partial charge in [-0.25, -0.2) is 41.9 Å². The molecule has 0 amide bonds. The van der Waals surface area contributed by atoms with Crippen LogP contribution in [0.2, 0.25) is 0 Å². The fraction of sp³-hybridized carbons (Fsp3) is 0.0909. The van der Waals surface area contributed by atoms with Crippen LogP contribution >= 0.6 is 0 Å². The number of hydrogen-bond acceptors (Lipinski definition) is 2. The quantitative estimate of drug-likeness (QED) is 0.195. The minimum atomic E-state index is -1.84. The van der Waals surface area contributed by atoms with Crippen LogP contribution < -0.4 is 0 Å². The van der Waals surface area contributed by atoms with E-state index in [2.05, 4.69) is 24.3 Å².